The second-order valence-corrected chi connectivity index (χ2v) is 10.5. The summed E-state index contributed by atoms with van der Waals surface area (Å²) in [5, 5.41) is 0. The summed E-state index contributed by atoms with van der Waals surface area (Å²) >= 11 is 0. The minimum atomic E-state index is -3.52. The fourth-order valence-corrected chi connectivity index (χ4v) is 6.68. The molecule has 5 heteroatoms. The van der Waals surface area contributed by atoms with Gasteiger partial charge in [-0.2, -0.15) is 4.31 Å². The Morgan fingerprint density at radius 1 is 1.07 bits per heavy atom. The van der Waals surface area contributed by atoms with Crippen LogP contribution < -0.4 is 5.73 Å². The van der Waals surface area contributed by atoms with Crippen molar-refractivity contribution in [1.82, 2.24) is 4.31 Å². The number of sulfonamides is 1. The Labute approximate surface area is 164 Å². The molecule has 0 bridgehead atoms. The van der Waals surface area contributed by atoms with Gasteiger partial charge in [0.15, 0.2) is 0 Å². The summed E-state index contributed by atoms with van der Waals surface area (Å²) in [6.45, 7) is 7.31. The lowest BCUT2D eigenvalue weighted by molar-refractivity contribution is 0.170. The quantitative estimate of drug-likeness (QED) is 0.578. The minimum Gasteiger partial charge on any atom is -0.399 e. The smallest absolute Gasteiger partial charge is 0.243 e. The predicted molar refractivity (Wildman–Crippen MR) is 112 cm³/mol. The highest BCUT2D eigenvalue weighted by atomic mass is 32.2. The van der Waals surface area contributed by atoms with Gasteiger partial charge in [0.25, 0.3) is 0 Å². The first-order valence-electron chi connectivity index (χ1n) is 10.3. The molecule has 1 saturated carbocycles. The molecule has 27 heavy (non-hydrogen) atoms. The number of rotatable bonds is 5. The standard InChI is InChI=1S/C22H34N2O2S/c1-16-13-17(2)22(18(3)14-16)15-24(20-7-5-4-6-8-20)27(25,26)21-11-9-19(23)10-12-21/h9-13,17-18,20,22H,4-8,14-15,23H2,1-3H3/t17-,18-,22-/m1/s1. The second-order valence-electron chi connectivity index (χ2n) is 8.65. The number of nitrogens with two attached hydrogens (primary N) is 1. The van der Waals surface area contributed by atoms with Crippen molar-refractivity contribution in [1.29, 1.82) is 0 Å². The molecule has 0 saturated heterocycles. The Balaban J connectivity index is 1.92. The van der Waals surface area contributed by atoms with Crippen molar-refractivity contribution in [2.45, 2.75) is 70.2 Å². The van der Waals surface area contributed by atoms with Crippen LogP contribution in [0.4, 0.5) is 5.69 Å². The van der Waals surface area contributed by atoms with Crippen LogP contribution in [-0.4, -0.2) is 25.3 Å². The van der Waals surface area contributed by atoms with Crippen LogP contribution in [0.5, 0.6) is 0 Å². The summed E-state index contributed by atoms with van der Waals surface area (Å²) < 4.78 is 29.0. The molecule has 1 fully saturated rings. The summed E-state index contributed by atoms with van der Waals surface area (Å²) in [5.74, 6) is 1.26. The predicted octanol–water partition coefficient (Wildman–Crippen LogP) is 4.83. The number of nitrogens with zero attached hydrogens (tertiary/aromatic N) is 1. The van der Waals surface area contributed by atoms with Crippen molar-refractivity contribution in [3.05, 3.63) is 35.9 Å². The van der Waals surface area contributed by atoms with E-state index in [0.717, 1.165) is 32.1 Å². The van der Waals surface area contributed by atoms with E-state index < -0.39 is 10.0 Å². The second kappa shape index (κ2) is 8.36. The zero-order chi connectivity index (χ0) is 19.6. The van der Waals surface area contributed by atoms with Crippen LogP contribution in [0.3, 0.4) is 0 Å². The van der Waals surface area contributed by atoms with Crippen molar-refractivity contribution in [3.63, 3.8) is 0 Å². The van der Waals surface area contributed by atoms with E-state index in [-0.39, 0.29) is 6.04 Å². The normalized spacial score (nSPS) is 27.6. The summed E-state index contributed by atoms with van der Waals surface area (Å²) in [7, 11) is -3.52. The lowest BCUT2D eigenvalue weighted by Gasteiger charge is -2.40. The third kappa shape index (κ3) is 4.57. The molecule has 3 rings (SSSR count). The molecule has 1 aromatic carbocycles. The Hall–Kier alpha value is -1.33. The Morgan fingerprint density at radius 2 is 1.70 bits per heavy atom. The van der Waals surface area contributed by atoms with Gasteiger partial charge in [-0.25, -0.2) is 8.42 Å². The van der Waals surface area contributed by atoms with Crippen molar-refractivity contribution in [3.8, 4) is 0 Å². The molecule has 2 aliphatic carbocycles. The van der Waals surface area contributed by atoms with Crippen molar-refractivity contribution >= 4 is 15.7 Å². The molecule has 2 N–H and O–H groups in total. The van der Waals surface area contributed by atoms with E-state index in [1.165, 1.54) is 12.0 Å². The Kier molecular flexibility index (Phi) is 6.32. The van der Waals surface area contributed by atoms with Gasteiger partial charge in [0.2, 0.25) is 10.0 Å². The van der Waals surface area contributed by atoms with Crippen molar-refractivity contribution < 1.29 is 8.42 Å². The molecule has 0 heterocycles. The first kappa shape index (κ1) is 20.4. The highest BCUT2D eigenvalue weighted by Gasteiger charge is 2.37. The maximum absolute atomic E-state index is 13.6. The molecule has 1 aromatic rings. The molecular formula is C22H34N2O2S. The van der Waals surface area contributed by atoms with E-state index in [2.05, 4.69) is 26.8 Å². The van der Waals surface area contributed by atoms with E-state index >= 15 is 0 Å². The molecule has 0 aromatic heterocycles. The molecule has 150 valence electrons. The lowest BCUT2D eigenvalue weighted by Crippen LogP contribution is -2.46. The van der Waals surface area contributed by atoms with E-state index in [1.807, 2.05) is 4.31 Å². The summed E-state index contributed by atoms with van der Waals surface area (Å²) in [6, 6.07) is 6.79. The van der Waals surface area contributed by atoms with Gasteiger partial charge in [-0.15, -0.1) is 0 Å². The van der Waals surface area contributed by atoms with Gasteiger partial charge in [0, 0.05) is 18.3 Å². The molecule has 0 amide bonds. The molecule has 0 radical (unpaired) electrons. The summed E-state index contributed by atoms with van der Waals surface area (Å²) in [5.41, 5.74) is 7.79. The highest BCUT2D eigenvalue weighted by molar-refractivity contribution is 7.89. The third-order valence-electron chi connectivity index (χ3n) is 6.46. The fourth-order valence-electron chi connectivity index (χ4n) is 4.96. The minimum absolute atomic E-state index is 0.118. The van der Waals surface area contributed by atoms with Gasteiger partial charge < -0.3 is 5.73 Å². The van der Waals surface area contributed by atoms with E-state index in [1.54, 1.807) is 24.3 Å². The molecule has 0 aliphatic heterocycles. The first-order valence-corrected chi connectivity index (χ1v) is 11.8. The number of benzene rings is 1. The fraction of sp³-hybridized carbons (Fsp3) is 0.636. The molecule has 4 nitrogen and oxygen atoms in total. The number of hydrogen-bond donors (Lipinski definition) is 1. The summed E-state index contributed by atoms with van der Waals surface area (Å²) in [4.78, 5) is 0.366. The molecule has 0 unspecified atom stereocenters. The maximum atomic E-state index is 13.6. The van der Waals surface area contributed by atoms with Crippen LogP contribution in [0.1, 0.15) is 59.3 Å². The highest BCUT2D eigenvalue weighted by Crippen LogP contribution is 2.37. The molecule has 3 atom stereocenters. The van der Waals surface area contributed by atoms with Crippen LogP contribution in [0, 0.1) is 17.8 Å². The Morgan fingerprint density at radius 3 is 2.30 bits per heavy atom. The van der Waals surface area contributed by atoms with E-state index in [9.17, 15) is 8.42 Å². The number of nitrogen functional groups attached to an aromatic ring is 1. The van der Waals surface area contributed by atoms with Crippen LogP contribution in [-0.2, 0) is 10.0 Å². The third-order valence-corrected chi connectivity index (χ3v) is 8.39. The monoisotopic (exact) mass is 390 g/mol. The van der Waals surface area contributed by atoms with Crippen LogP contribution in [0.25, 0.3) is 0 Å². The average molecular weight is 391 g/mol. The topological polar surface area (TPSA) is 63.4 Å². The van der Waals surface area contributed by atoms with Crippen molar-refractivity contribution in [2.24, 2.45) is 17.8 Å². The van der Waals surface area contributed by atoms with E-state index in [4.69, 9.17) is 5.73 Å². The zero-order valence-electron chi connectivity index (χ0n) is 16.9. The summed E-state index contributed by atoms with van der Waals surface area (Å²) in [6.07, 6.45) is 8.79. The van der Waals surface area contributed by atoms with Crippen LogP contribution in [0.2, 0.25) is 0 Å². The Bertz CT molecular complexity index is 764. The molecule has 0 spiro atoms. The van der Waals surface area contributed by atoms with Gasteiger partial charge in [-0.3, -0.25) is 0 Å². The largest absolute Gasteiger partial charge is 0.399 e. The van der Waals surface area contributed by atoms with Gasteiger partial charge in [0.05, 0.1) is 4.90 Å². The van der Waals surface area contributed by atoms with Gasteiger partial charge in [0.1, 0.15) is 0 Å². The number of allylic oxidation sites excluding steroid dienone is 2. The van der Waals surface area contributed by atoms with E-state index in [0.29, 0.717) is 34.9 Å². The molecule has 2 aliphatic rings. The van der Waals surface area contributed by atoms with Crippen LogP contribution in [0.15, 0.2) is 40.8 Å². The van der Waals surface area contributed by atoms with Gasteiger partial charge in [-0.05, 0) is 68.2 Å². The molecular weight excluding hydrogens is 356 g/mol. The maximum Gasteiger partial charge on any atom is 0.243 e. The lowest BCUT2D eigenvalue weighted by atomic mass is 9.75. The first-order chi connectivity index (χ1) is 12.8. The van der Waals surface area contributed by atoms with Crippen LogP contribution >= 0.6 is 0 Å². The number of anilines is 1. The number of hydrogen-bond acceptors (Lipinski definition) is 3. The van der Waals surface area contributed by atoms with Gasteiger partial charge in [-0.1, -0.05) is 44.8 Å². The van der Waals surface area contributed by atoms with Gasteiger partial charge >= 0.3 is 0 Å². The average Bonchev–Trinajstić information content (AvgIpc) is 2.62. The SMILES string of the molecule is CC1=C[C@@H](C)[C@@H](CN(C2CCCCC2)S(=O)(=O)c2ccc(N)cc2)[C@H](C)C1. The van der Waals surface area contributed by atoms with Crippen molar-refractivity contribution in [2.75, 3.05) is 12.3 Å². The zero-order valence-corrected chi connectivity index (χ0v) is 17.7.